The molecule has 1 aliphatic heterocycles. The molecule has 9 heteroatoms. The number of aliphatic hydroxyl groups excluding tert-OH is 1. The van der Waals surface area contributed by atoms with E-state index in [0.717, 1.165) is 39.1 Å². The van der Waals surface area contributed by atoms with Gasteiger partial charge in [-0.15, -0.1) is 0 Å². The Hall–Kier alpha value is -3.85. The van der Waals surface area contributed by atoms with Gasteiger partial charge in [-0.05, 0) is 64.3 Å². The molecular formula is C30H29F3N2O4. The van der Waals surface area contributed by atoms with Gasteiger partial charge in [-0.25, -0.2) is 0 Å². The van der Waals surface area contributed by atoms with Crippen molar-refractivity contribution in [1.29, 1.82) is 0 Å². The molecule has 1 saturated carbocycles. The first-order valence-corrected chi connectivity index (χ1v) is 12.8. The highest BCUT2D eigenvalue weighted by molar-refractivity contribution is 5.84. The Morgan fingerprint density at radius 2 is 1.85 bits per heavy atom. The lowest BCUT2D eigenvalue weighted by atomic mass is 9.87. The summed E-state index contributed by atoms with van der Waals surface area (Å²) >= 11 is 0. The van der Waals surface area contributed by atoms with E-state index < -0.39 is 18.2 Å². The first kappa shape index (κ1) is 26.7. The highest BCUT2D eigenvalue weighted by Crippen LogP contribution is 2.47. The van der Waals surface area contributed by atoms with Crippen LogP contribution in [0.2, 0.25) is 0 Å². The second-order valence-electron chi connectivity index (χ2n) is 9.99. The smallest absolute Gasteiger partial charge is 0.423 e. The number of alkyl halides is 3. The minimum Gasteiger partial charge on any atom is -0.497 e. The number of hydrogen-bond acceptors (Lipinski definition) is 4. The van der Waals surface area contributed by atoms with Gasteiger partial charge < -0.3 is 20.1 Å². The Bertz CT molecular complexity index is 1380. The molecule has 204 valence electrons. The van der Waals surface area contributed by atoms with Crippen molar-refractivity contribution in [1.82, 2.24) is 10.2 Å². The van der Waals surface area contributed by atoms with Crippen molar-refractivity contribution >= 4 is 11.8 Å². The maximum Gasteiger partial charge on any atom is 0.423 e. The predicted molar refractivity (Wildman–Crippen MR) is 139 cm³/mol. The summed E-state index contributed by atoms with van der Waals surface area (Å²) in [6.07, 6.45) is -7.05. The van der Waals surface area contributed by atoms with E-state index >= 15 is 0 Å². The fourth-order valence-electron chi connectivity index (χ4n) is 5.34. The van der Waals surface area contributed by atoms with Gasteiger partial charge in [0.2, 0.25) is 12.0 Å². The standard InChI is InChI=1S/C30H29F3N2O4/c1-39-21-9-5-8-19(14-21)22-11-10-20(16-34-28(37)25-15-24(25)18-6-3-2-4-7-18)26-17-35(13-12-23(22)26)29(38)27(36)30(31,32)33/h2-11,14,24-25,27,36H,12-13,15-17H2,1H3,(H,34,37)/t24-,25+,27?/m0/s1. The molecule has 6 nitrogen and oxygen atoms in total. The van der Waals surface area contributed by atoms with Gasteiger partial charge in [-0.2, -0.15) is 13.2 Å². The van der Waals surface area contributed by atoms with Gasteiger partial charge in [0.25, 0.3) is 5.91 Å². The van der Waals surface area contributed by atoms with Crippen LogP contribution in [-0.4, -0.2) is 47.8 Å². The first-order chi connectivity index (χ1) is 18.7. The van der Waals surface area contributed by atoms with Crippen molar-refractivity contribution < 1.29 is 32.6 Å². The Morgan fingerprint density at radius 3 is 2.56 bits per heavy atom. The summed E-state index contributed by atoms with van der Waals surface area (Å²) in [6.45, 7) is 0.119. The number of carbonyl (C=O) groups is 2. The minimum atomic E-state index is -5.05. The minimum absolute atomic E-state index is 0.0343. The molecule has 39 heavy (non-hydrogen) atoms. The molecule has 1 unspecified atom stereocenters. The molecule has 2 N–H and O–H groups in total. The maximum absolute atomic E-state index is 13.1. The molecule has 0 radical (unpaired) electrons. The molecule has 5 rings (SSSR count). The lowest BCUT2D eigenvalue weighted by molar-refractivity contribution is -0.211. The van der Waals surface area contributed by atoms with E-state index in [1.165, 1.54) is 0 Å². The second kappa shape index (κ2) is 10.7. The third kappa shape index (κ3) is 5.63. The summed E-state index contributed by atoms with van der Waals surface area (Å²) in [5.41, 5.74) is 5.18. The Morgan fingerprint density at radius 1 is 1.08 bits per heavy atom. The van der Waals surface area contributed by atoms with Crippen LogP contribution < -0.4 is 10.1 Å². The number of carbonyl (C=O) groups excluding carboxylic acids is 2. The molecule has 0 spiro atoms. The van der Waals surface area contributed by atoms with E-state index in [9.17, 15) is 27.9 Å². The number of benzene rings is 3. The Labute approximate surface area is 224 Å². The van der Waals surface area contributed by atoms with Crippen LogP contribution in [0.3, 0.4) is 0 Å². The maximum atomic E-state index is 13.1. The van der Waals surface area contributed by atoms with Gasteiger partial charge in [0.1, 0.15) is 5.75 Å². The van der Waals surface area contributed by atoms with Crippen molar-refractivity contribution in [3.8, 4) is 16.9 Å². The average molecular weight is 539 g/mol. The zero-order chi connectivity index (χ0) is 27.7. The summed E-state index contributed by atoms with van der Waals surface area (Å²) in [5, 5.41) is 12.6. The van der Waals surface area contributed by atoms with Crippen molar-refractivity contribution in [3.63, 3.8) is 0 Å². The van der Waals surface area contributed by atoms with Crippen molar-refractivity contribution in [2.45, 2.75) is 44.1 Å². The highest BCUT2D eigenvalue weighted by atomic mass is 19.4. The predicted octanol–water partition coefficient (Wildman–Crippen LogP) is 4.59. The van der Waals surface area contributed by atoms with Gasteiger partial charge in [0, 0.05) is 25.6 Å². The SMILES string of the molecule is COc1cccc(-c2ccc(CNC(=O)[C@@H]3C[C@H]3c3ccccc3)c3c2CCN(C(=O)C(O)C(F)(F)F)C3)c1. The molecule has 0 saturated heterocycles. The van der Waals surface area contributed by atoms with Crippen LogP contribution in [0.5, 0.6) is 5.75 Å². The quantitative estimate of drug-likeness (QED) is 0.461. The molecule has 2 aliphatic rings. The summed E-state index contributed by atoms with van der Waals surface area (Å²) < 4.78 is 44.6. The van der Waals surface area contributed by atoms with Crippen LogP contribution in [0.4, 0.5) is 13.2 Å². The molecule has 3 aromatic rings. The number of nitrogens with zero attached hydrogens (tertiary/aromatic N) is 1. The van der Waals surface area contributed by atoms with Gasteiger partial charge in [-0.3, -0.25) is 9.59 Å². The van der Waals surface area contributed by atoms with Crippen molar-refractivity contribution in [2.24, 2.45) is 5.92 Å². The molecule has 3 atom stereocenters. The highest BCUT2D eigenvalue weighted by Gasteiger charge is 2.46. The Balaban J connectivity index is 1.40. The number of methoxy groups -OCH3 is 1. The molecule has 2 amide bonds. The lowest BCUT2D eigenvalue weighted by Gasteiger charge is -2.33. The second-order valence-corrected chi connectivity index (χ2v) is 9.99. The summed E-state index contributed by atoms with van der Waals surface area (Å²) in [6, 6.07) is 21.1. The molecule has 1 fully saturated rings. The van der Waals surface area contributed by atoms with Crippen LogP contribution in [0.15, 0.2) is 66.7 Å². The van der Waals surface area contributed by atoms with Crippen LogP contribution >= 0.6 is 0 Å². The van der Waals surface area contributed by atoms with Gasteiger partial charge in [-0.1, -0.05) is 54.6 Å². The topological polar surface area (TPSA) is 78.9 Å². The molecular weight excluding hydrogens is 509 g/mol. The number of nitrogens with one attached hydrogen (secondary N) is 1. The van der Waals surface area contributed by atoms with Crippen molar-refractivity contribution in [2.75, 3.05) is 13.7 Å². The molecule has 3 aromatic carbocycles. The third-order valence-electron chi connectivity index (χ3n) is 7.55. The van der Waals surface area contributed by atoms with Gasteiger partial charge >= 0.3 is 6.18 Å². The van der Waals surface area contributed by atoms with E-state index in [1.807, 2.05) is 66.7 Å². The van der Waals surface area contributed by atoms with Crippen molar-refractivity contribution in [3.05, 3.63) is 89.0 Å². The summed E-state index contributed by atoms with van der Waals surface area (Å²) in [4.78, 5) is 26.5. The van der Waals surface area contributed by atoms with Crippen LogP contribution in [0, 0.1) is 5.92 Å². The van der Waals surface area contributed by atoms with Gasteiger partial charge in [0.15, 0.2) is 0 Å². The normalized spacial score (nSPS) is 19.2. The first-order valence-electron chi connectivity index (χ1n) is 12.8. The third-order valence-corrected chi connectivity index (χ3v) is 7.55. The molecule has 1 heterocycles. The van der Waals surface area contributed by atoms with Crippen LogP contribution in [0.25, 0.3) is 11.1 Å². The molecule has 0 aromatic heterocycles. The number of ether oxygens (including phenoxy) is 1. The number of fused-ring (bicyclic) bond motifs is 1. The van der Waals surface area contributed by atoms with E-state index in [4.69, 9.17) is 4.74 Å². The number of halogens is 3. The lowest BCUT2D eigenvalue weighted by Crippen LogP contribution is -2.48. The van der Waals surface area contributed by atoms with Crippen LogP contribution in [0.1, 0.15) is 34.6 Å². The van der Waals surface area contributed by atoms with E-state index in [-0.39, 0.29) is 37.4 Å². The largest absolute Gasteiger partial charge is 0.497 e. The summed E-state index contributed by atoms with van der Waals surface area (Å²) in [7, 11) is 1.57. The van der Waals surface area contributed by atoms with Gasteiger partial charge in [0.05, 0.1) is 7.11 Å². The average Bonchev–Trinajstić information content (AvgIpc) is 3.76. The number of amides is 2. The number of aliphatic hydroxyl groups is 1. The van der Waals surface area contributed by atoms with E-state index in [1.54, 1.807) is 7.11 Å². The zero-order valence-corrected chi connectivity index (χ0v) is 21.4. The van der Waals surface area contributed by atoms with Crippen LogP contribution in [-0.2, 0) is 29.1 Å². The fraction of sp³-hybridized carbons (Fsp3) is 0.333. The number of rotatable bonds is 7. The molecule has 0 bridgehead atoms. The number of hydrogen-bond donors (Lipinski definition) is 2. The zero-order valence-electron chi connectivity index (χ0n) is 21.4. The monoisotopic (exact) mass is 538 g/mol. The fourth-order valence-corrected chi connectivity index (χ4v) is 5.34. The van der Waals surface area contributed by atoms with E-state index in [2.05, 4.69) is 5.32 Å². The van der Waals surface area contributed by atoms with E-state index in [0.29, 0.717) is 17.7 Å². The summed E-state index contributed by atoms with van der Waals surface area (Å²) in [5.74, 6) is -0.743. The molecule has 1 aliphatic carbocycles. The Kier molecular flexibility index (Phi) is 7.36.